The Balaban J connectivity index is 1.97. The second kappa shape index (κ2) is 4.16. The molecule has 1 atom stereocenters. The molecule has 1 unspecified atom stereocenters. The third kappa shape index (κ3) is 1.99. The lowest BCUT2D eigenvalue weighted by Gasteiger charge is -2.34. The molecule has 0 spiro atoms. The number of hydrogen-bond acceptors (Lipinski definition) is 2. The van der Waals surface area contributed by atoms with Crippen LogP contribution in [-0.4, -0.2) is 23.8 Å². The zero-order valence-electron chi connectivity index (χ0n) is 8.96. The van der Waals surface area contributed by atoms with Crippen molar-refractivity contribution in [2.24, 2.45) is 5.92 Å². The Morgan fingerprint density at radius 1 is 1.50 bits per heavy atom. The number of allylic oxidation sites excluding steroid dienone is 2. The molecule has 2 nitrogen and oxygen atoms in total. The van der Waals surface area contributed by atoms with Crippen LogP contribution < -0.4 is 0 Å². The van der Waals surface area contributed by atoms with E-state index in [0.717, 1.165) is 25.3 Å². The smallest absolute Gasteiger partial charge is 0.157 e. The zero-order valence-corrected chi connectivity index (χ0v) is 8.96. The lowest BCUT2D eigenvalue weighted by Crippen LogP contribution is -2.34. The van der Waals surface area contributed by atoms with Crippen LogP contribution in [0.15, 0.2) is 11.8 Å². The van der Waals surface area contributed by atoms with Crippen molar-refractivity contribution in [2.45, 2.75) is 39.0 Å². The van der Waals surface area contributed by atoms with E-state index in [-0.39, 0.29) is 0 Å². The van der Waals surface area contributed by atoms with Gasteiger partial charge in [-0.15, -0.1) is 0 Å². The molecule has 0 amide bonds. The number of piperidine rings is 1. The van der Waals surface area contributed by atoms with Gasteiger partial charge < -0.3 is 4.90 Å². The van der Waals surface area contributed by atoms with Gasteiger partial charge in [-0.2, -0.15) is 0 Å². The lowest BCUT2D eigenvalue weighted by molar-refractivity contribution is -0.114. The van der Waals surface area contributed by atoms with E-state index >= 15 is 0 Å². The van der Waals surface area contributed by atoms with E-state index < -0.39 is 0 Å². The number of likely N-dealkylation sites (tertiary alicyclic amines) is 1. The third-order valence-electron chi connectivity index (χ3n) is 3.46. The summed E-state index contributed by atoms with van der Waals surface area (Å²) in [6.07, 6.45) is 7.52. The van der Waals surface area contributed by atoms with Crippen LogP contribution in [0.3, 0.4) is 0 Å². The summed E-state index contributed by atoms with van der Waals surface area (Å²) in [4.78, 5) is 13.6. The normalized spacial score (nSPS) is 28.1. The van der Waals surface area contributed by atoms with Crippen molar-refractivity contribution in [3.8, 4) is 0 Å². The van der Waals surface area contributed by atoms with E-state index in [1.165, 1.54) is 31.5 Å². The van der Waals surface area contributed by atoms with E-state index in [1.807, 2.05) is 6.08 Å². The molecular formula is C12H19NO. The fourth-order valence-corrected chi connectivity index (χ4v) is 2.49. The predicted octanol–water partition coefficient (Wildman–Crippen LogP) is 2.36. The second-order valence-corrected chi connectivity index (χ2v) is 4.46. The van der Waals surface area contributed by atoms with Crippen molar-refractivity contribution in [1.29, 1.82) is 0 Å². The molecule has 0 aromatic carbocycles. The van der Waals surface area contributed by atoms with E-state index in [0.29, 0.717) is 5.78 Å². The number of carbonyl (C=O) groups excluding carboxylic acids is 1. The van der Waals surface area contributed by atoms with Crippen LogP contribution in [0.4, 0.5) is 0 Å². The van der Waals surface area contributed by atoms with Crippen molar-refractivity contribution in [3.05, 3.63) is 11.8 Å². The summed E-state index contributed by atoms with van der Waals surface area (Å²) in [5.74, 6) is 1.17. The predicted molar refractivity (Wildman–Crippen MR) is 56.9 cm³/mol. The van der Waals surface area contributed by atoms with E-state index in [9.17, 15) is 4.79 Å². The number of ketones is 1. The molecule has 1 heterocycles. The van der Waals surface area contributed by atoms with Gasteiger partial charge in [0.05, 0.1) is 0 Å². The van der Waals surface area contributed by atoms with Crippen LogP contribution in [0.5, 0.6) is 0 Å². The van der Waals surface area contributed by atoms with Crippen LogP contribution in [0.25, 0.3) is 0 Å². The summed E-state index contributed by atoms with van der Waals surface area (Å²) in [5, 5.41) is 0. The average Bonchev–Trinajstić information content (AvgIpc) is 2.65. The first-order valence-electron chi connectivity index (χ1n) is 5.78. The highest BCUT2D eigenvalue weighted by atomic mass is 16.1. The summed E-state index contributed by atoms with van der Waals surface area (Å²) in [7, 11) is 0. The van der Waals surface area contributed by atoms with Crippen molar-refractivity contribution < 1.29 is 4.79 Å². The summed E-state index contributed by atoms with van der Waals surface area (Å²) in [5.41, 5.74) is 1.30. The number of nitrogens with zero attached hydrogens (tertiary/aromatic N) is 1. The Labute approximate surface area is 86.0 Å². The van der Waals surface area contributed by atoms with Gasteiger partial charge in [0, 0.05) is 31.3 Å². The van der Waals surface area contributed by atoms with Crippen LogP contribution in [0, 0.1) is 5.92 Å². The highest BCUT2D eigenvalue weighted by Gasteiger charge is 2.23. The first kappa shape index (κ1) is 9.75. The highest BCUT2D eigenvalue weighted by Crippen LogP contribution is 2.26. The standard InChI is InChI=1S/C12H19NO/c1-2-10-4-3-7-13(9-10)11-5-6-12(14)8-11/h8,10H,2-7,9H2,1H3. The van der Waals surface area contributed by atoms with Gasteiger partial charge in [0.15, 0.2) is 5.78 Å². The van der Waals surface area contributed by atoms with E-state index in [4.69, 9.17) is 0 Å². The molecule has 0 aromatic rings. The fraction of sp³-hybridized carbons (Fsp3) is 0.750. The highest BCUT2D eigenvalue weighted by molar-refractivity contribution is 5.92. The molecule has 0 radical (unpaired) electrons. The summed E-state index contributed by atoms with van der Waals surface area (Å²) < 4.78 is 0. The van der Waals surface area contributed by atoms with Crippen LogP contribution >= 0.6 is 0 Å². The molecule has 0 saturated carbocycles. The van der Waals surface area contributed by atoms with Gasteiger partial charge in [-0.1, -0.05) is 13.3 Å². The molecule has 78 valence electrons. The first-order chi connectivity index (χ1) is 6.79. The van der Waals surface area contributed by atoms with Gasteiger partial charge in [0.25, 0.3) is 0 Å². The van der Waals surface area contributed by atoms with Crippen LogP contribution in [-0.2, 0) is 4.79 Å². The Bertz CT molecular complexity index is 257. The maximum atomic E-state index is 11.1. The Kier molecular flexibility index (Phi) is 2.90. The van der Waals surface area contributed by atoms with Gasteiger partial charge in [-0.05, 0) is 25.2 Å². The lowest BCUT2D eigenvalue weighted by atomic mass is 9.95. The molecular weight excluding hydrogens is 174 g/mol. The van der Waals surface area contributed by atoms with Gasteiger partial charge in [0.2, 0.25) is 0 Å². The second-order valence-electron chi connectivity index (χ2n) is 4.46. The van der Waals surface area contributed by atoms with Gasteiger partial charge in [0.1, 0.15) is 0 Å². The van der Waals surface area contributed by atoms with E-state index in [2.05, 4.69) is 11.8 Å². The Morgan fingerprint density at radius 3 is 3.00 bits per heavy atom. The first-order valence-corrected chi connectivity index (χ1v) is 5.78. The minimum atomic E-state index is 0.318. The van der Waals surface area contributed by atoms with Gasteiger partial charge in [-0.3, -0.25) is 4.79 Å². The molecule has 1 saturated heterocycles. The van der Waals surface area contributed by atoms with Gasteiger partial charge in [-0.25, -0.2) is 0 Å². The number of hydrogen-bond donors (Lipinski definition) is 0. The Morgan fingerprint density at radius 2 is 2.36 bits per heavy atom. The monoisotopic (exact) mass is 193 g/mol. The van der Waals surface area contributed by atoms with Gasteiger partial charge >= 0.3 is 0 Å². The molecule has 14 heavy (non-hydrogen) atoms. The van der Waals surface area contributed by atoms with Crippen molar-refractivity contribution in [2.75, 3.05) is 13.1 Å². The van der Waals surface area contributed by atoms with Crippen molar-refractivity contribution in [1.82, 2.24) is 4.90 Å². The van der Waals surface area contributed by atoms with Crippen molar-refractivity contribution in [3.63, 3.8) is 0 Å². The SMILES string of the molecule is CCC1CCCN(C2=CC(=O)CC2)C1. The average molecular weight is 193 g/mol. The summed E-state index contributed by atoms with van der Waals surface area (Å²) in [6, 6.07) is 0. The molecule has 1 fully saturated rings. The fourth-order valence-electron chi connectivity index (χ4n) is 2.49. The largest absolute Gasteiger partial charge is 0.374 e. The summed E-state index contributed by atoms with van der Waals surface area (Å²) in [6.45, 7) is 4.60. The van der Waals surface area contributed by atoms with Crippen LogP contribution in [0.2, 0.25) is 0 Å². The molecule has 0 N–H and O–H groups in total. The molecule has 1 aliphatic heterocycles. The molecule has 1 aliphatic carbocycles. The van der Waals surface area contributed by atoms with Crippen molar-refractivity contribution >= 4 is 5.78 Å². The maximum Gasteiger partial charge on any atom is 0.157 e. The van der Waals surface area contributed by atoms with E-state index in [1.54, 1.807) is 0 Å². The Hall–Kier alpha value is -0.790. The summed E-state index contributed by atoms with van der Waals surface area (Å²) >= 11 is 0. The van der Waals surface area contributed by atoms with Crippen LogP contribution in [0.1, 0.15) is 39.0 Å². The zero-order chi connectivity index (χ0) is 9.97. The quantitative estimate of drug-likeness (QED) is 0.671. The topological polar surface area (TPSA) is 20.3 Å². The third-order valence-corrected chi connectivity index (χ3v) is 3.46. The minimum absolute atomic E-state index is 0.318. The molecule has 0 aromatic heterocycles. The number of rotatable bonds is 2. The molecule has 2 aliphatic rings. The number of carbonyl (C=O) groups is 1. The maximum absolute atomic E-state index is 11.1. The molecule has 2 heteroatoms. The molecule has 0 bridgehead atoms. The molecule has 2 rings (SSSR count). The minimum Gasteiger partial charge on any atom is -0.374 e.